The number of nitrogens with one attached hydrogen (secondary N) is 4. The Labute approximate surface area is 199 Å². The quantitative estimate of drug-likeness (QED) is 0.327. The minimum Gasteiger partial charge on any atom is -0.341 e. The molecule has 0 bridgehead atoms. The van der Waals surface area contributed by atoms with Crippen molar-refractivity contribution in [2.75, 3.05) is 12.4 Å². The molecule has 2 aromatic heterocycles. The topological polar surface area (TPSA) is 104 Å². The van der Waals surface area contributed by atoms with Gasteiger partial charge in [-0.3, -0.25) is 4.79 Å². The molecule has 4 rings (SSSR count). The number of amides is 2. The number of aryl methyl sites for hydroxylation is 2. The number of H-pyrrole nitrogens is 1. The fourth-order valence-corrected chi connectivity index (χ4v) is 4.22. The third-order valence-corrected chi connectivity index (χ3v) is 6.10. The zero-order valence-electron chi connectivity index (χ0n) is 18.2. The Balaban J connectivity index is 1.77. The molecule has 170 valence electrons. The van der Waals surface area contributed by atoms with Gasteiger partial charge in [0.05, 0.1) is 32.2 Å². The van der Waals surface area contributed by atoms with Crippen molar-refractivity contribution < 1.29 is 4.79 Å². The number of anilines is 2. The minimum absolute atomic E-state index is 0.214. The third-order valence-electron chi connectivity index (χ3n) is 5.47. The number of rotatable bonds is 5. The molecule has 4 N–H and O–H groups in total. The summed E-state index contributed by atoms with van der Waals surface area (Å²) in [5.74, 6) is 0.511. The van der Waals surface area contributed by atoms with Gasteiger partial charge in [-0.2, -0.15) is 0 Å². The van der Waals surface area contributed by atoms with Crippen molar-refractivity contribution in [3.05, 3.63) is 74.3 Å². The SMILES string of the molecule is CNC(=O)N/C=C/Cc1[nH]c(=O)c2c(ccc3nc(Nc4c(Cl)cccc4Cl)n(C)c32)c1C. The summed E-state index contributed by atoms with van der Waals surface area (Å²) in [6.45, 7) is 1.96. The Morgan fingerprint density at radius 3 is 2.64 bits per heavy atom. The summed E-state index contributed by atoms with van der Waals surface area (Å²) in [5, 5.41) is 10.5. The van der Waals surface area contributed by atoms with Crippen LogP contribution in [0.15, 0.2) is 47.4 Å². The van der Waals surface area contributed by atoms with E-state index in [4.69, 9.17) is 23.2 Å². The van der Waals surface area contributed by atoms with Crippen molar-refractivity contribution in [2.45, 2.75) is 13.3 Å². The van der Waals surface area contributed by atoms with Gasteiger partial charge >= 0.3 is 6.03 Å². The van der Waals surface area contributed by atoms with Gasteiger partial charge in [0.1, 0.15) is 0 Å². The van der Waals surface area contributed by atoms with E-state index in [1.807, 2.05) is 30.7 Å². The van der Waals surface area contributed by atoms with Gasteiger partial charge in [-0.05, 0) is 36.1 Å². The maximum absolute atomic E-state index is 13.1. The van der Waals surface area contributed by atoms with Gasteiger partial charge in [0.15, 0.2) is 0 Å². The first-order chi connectivity index (χ1) is 15.8. The number of fused-ring (bicyclic) bond motifs is 3. The fourth-order valence-electron chi connectivity index (χ4n) is 3.73. The van der Waals surface area contributed by atoms with Gasteiger partial charge < -0.3 is 25.5 Å². The van der Waals surface area contributed by atoms with Crippen molar-refractivity contribution in [2.24, 2.45) is 7.05 Å². The second kappa shape index (κ2) is 9.17. The maximum Gasteiger partial charge on any atom is 0.318 e. The van der Waals surface area contributed by atoms with E-state index in [9.17, 15) is 9.59 Å². The van der Waals surface area contributed by atoms with Crippen LogP contribution in [0.1, 0.15) is 11.3 Å². The number of halogens is 2. The van der Waals surface area contributed by atoms with Gasteiger partial charge in [-0.15, -0.1) is 0 Å². The van der Waals surface area contributed by atoms with Gasteiger partial charge in [0, 0.05) is 32.4 Å². The van der Waals surface area contributed by atoms with E-state index in [-0.39, 0.29) is 11.6 Å². The summed E-state index contributed by atoms with van der Waals surface area (Å²) in [4.78, 5) is 32.0. The van der Waals surface area contributed by atoms with E-state index < -0.39 is 0 Å². The van der Waals surface area contributed by atoms with Crippen molar-refractivity contribution in [3.63, 3.8) is 0 Å². The van der Waals surface area contributed by atoms with Crippen LogP contribution in [0.5, 0.6) is 0 Å². The average molecular weight is 485 g/mol. The molecule has 33 heavy (non-hydrogen) atoms. The molecule has 8 nitrogen and oxygen atoms in total. The number of benzene rings is 2. The summed E-state index contributed by atoms with van der Waals surface area (Å²) in [5.41, 5.74) is 3.42. The first-order valence-corrected chi connectivity index (χ1v) is 10.9. The van der Waals surface area contributed by atoms with Crippen LogP contribution < -0.4 is 21.5 Å². The smallest absolute Gasteiger partial charge is 0.318 e. The highest BCUT2D eigenvalue weighted by Gasteiger charge is 2.17. The molecule has 2 amide bonds. The summed E-state index contributed by atoms with van der Waals surface area (Å²) in [7, 11) is 3.37. The Morgan fingerprint density at radius 1 is 1.21 bits per heavy atom. The number of nitrogens with zero attached hydrogens (tertiary/aromatic N) is 2. The Bertz CT molecular complexity index is 1450. The van der Waals surface area contributed by atoms with Crippen LogP contribution in [0.2, 0.25) is 10.0 Å². The molecule has 0 aliphatic rings. The molecule has 0 saturated heterocycles. The zero-order valence-corrected chi connectivity index (χ0v) is 19.7. The zero-order chi connectivity index (χ0) is 23.7. The van der Waals surface area contributed by atoms with Crippen LogP contribution >= 0.6 is 23.2 Å². The highest BCUT2D eigenvalue weighted by Crippen LogP contribution is 2.34. The number of hydrogen-bond acceptors (Lipinski definition) is 4. The first kappa shape index (κ1) is 22.7. The molecule has 0 unspecified atom stereocenters. The van der Waals surface area contributed by atoms with Crippen molar-refractivity contribution >= 4 is 62.7 Å². The van der Waals surface area contributed by atoms with Crippen molar-refractivity contribution in [3.8, 4) is 0 Å². The molecule has 0 aliphatic carbocycles. The van der Waals surface area contributed by atoms with E-state index in [1.165, 1.54) is 7.05 Å². The fraction of sp³-hybridized carbons (Fsp3) is 0.174. The normalized spacial score (nSPS) is 11.4. The van der Waals surface area contributed by atoms with E-state index >= 15 is 0 Å². The number of para-hydroxylation sites is 1. The van der Waals surface area contributed by atoms with Gasteiger partial charge in [0.2, 0.25) is 5.95 Å². The maximum atomic E-state index is 13.1. The summed E-state index contributed by atoms with van der Waals surface area (Å²) in [6.07, 6.45) is 3.78. The lowest BCUT2D eigenvalue weighted by molar-refractivity contribution is 0.246. The number of carbonyl (C=O) groups excluding carboxylic acids is 1. The van der Waals surface area contributed by atoms with Crippen LogP contribution in [0.25, 0.3) is 21.8 Å². The number of imidazole rings is 1. The van der Waals surface area contributed by atoms with Crippen LogP contribution in [-0.2, 0) is 13.5 Å². The highest BCUT2D eigenvalue weighted by molar-refractivity contribution is 6.39. The molecular formula is C23H22Cl2N6O2. The second-order valence-electron chi connectivity index (χ2n) is 7.46. The molecule has 0 fully saturated rings. The number of pyridine rings is 1. The third kappa shape index (κ3) is 4.27. The number of allylic oxidation sites excluding steroid dienone is 1. The molecule has 0 atom stereocenters. The Morgan fingerprint density at radius 2 is 1.94 bits per heavy atom. The molecule has 4 aromatic rings. The van der Waals surface area contributed by atoms with Crippen LogP contribution in [0.3, 0.4) is 0 Å². The highest BCUT2D eigenvalue weighted by atomic mass is 35.5. The average Bonchev–Trinajstić information content (AvgIpc) is 3.11. The lowest BCUT2D eigenvalue weighted by Crippen LogP contribution is -2.28. The second-order valence-corrected chi connectivity index (χ2v) is 8.27. The number of hydrogen-bond donors (Lipinski definition) is 4. The van der Waals surface area contributed by atoms with E-state index in [0.29, 0.717) is 44.5 Å². The van der Waals surface area contributed by atoms with Crippen LogP contribution in [0, 0.1) is 6.92 Å². The van der Waals surface area contributed by atoms with E-state index in [1.54, 1.807) is 30.5 Å². The van der Waals surface area contributed by atoms with Crippen LogP contribution in [-0.4, -0.2) is 27.6 Å². The Hall–Kier alpha value is -3.49. The van der Waals surface area contributed by atoms with Gasteiger partial charge in [-0.25, -0.2) is 9.78 Å². The van der Waals surface area contributed by atoms with E-state index in [0.717, 1.165) is 16.6 Å². The number of aromatic amines is 1. The van der Waals surface area contributed by atoms with Gasteiger partial charge in [0.25, 0.3) is 5.56 Å². The summed E-state index contributed by atoms with van der Waals surface area (Å²) < 4.78 is 1.82. The minimum atomic E-state index is -0.309. The summed E-state index contributed by atoms with van der Waals surface area (Å²) in [6, 6.07) is 8.72. The first-order valence-electron chi connectivity index (χ1n) is 10.2. The van der Waals surface area contributed by atoms with Crippen molar-refractivity contribution in [1.29, 1.82) is 0 Å². The molecule has 0 saturated carbocycles. The lowest BCUT2D eigenvalue weighted by Gasteiger charge is -2.11. The largest absolute Gasteiger partial charge is 0.341 e. The number of urea groups is 1. The van der Waals surface area contributed by atoms with Crippen molar-refractivity contribution in [1.82, 2.24) is 25.2 Å². The predicted octanol–water partition coefficient (Wildman–Crippen LogP) is 4.76. The monoisotopic (exact) mass is 484 g/mol. The predicted molar refractivity (Wildman–Crippen MR) is 134 cm³/mol. The number of carbonyl (C=O) groups is 1. The standard InChI is InChI=1S/C23H22Cl2N6O2/c1-12-13-9-10-17-20(18(13)21(32)28-16(12)8-5-11-27-23(33)26-2)31(3)22(29-17)30-19-14(24)6-4-7-15(19)25/h4-7,9-11H,8H2,1-3H3,(H,28,32)(H,29,30)(H2,26,27,33)/b11-5+. The van der Waals surface area contributed by atoms with Crippen LogP contribution in [0.4, 0.5) is 16.4 Å². The molecule has 10 heteroatoms. The molecule has 0 spiro atoms. The van der Waals surface area contributed by atoms with Gasteiger partial charge in [-0.1, -0.05) is 41.4 Å². The molecule has 0 radical (unpaired) electrons. The molecule has 2 heterocycles. The van der Waals surface area contributed by atoms with E-state index in [2.05, 4.69) is 25.9 Å². The summed E-state index contributed by atoms with van der Waals surface area (Å²) >= 11 is 12.6. The molecule has 0 aliphatic heterocycles. The number of aromatic nitrogens is 3. The Kier molecular flexibility index (Phi) is 6.31. The molecule has 2 aromatic carbocycles. The lowest BCUT2D eigenvalue weighted by atomic mass is 10.0. The molecular weight excluding hydrogens is 463 g/mol.